The lowest BCUT2D eigenvalue weighted by molar-refractivity contribution is 0.789. The van der Waals surface area contributed by atoms with Crippen LogP contribution in [0, 0.1) is 0 Å². The average molecular weight is 245 g/mol. The molecule has 1 aliphatic rings. The lowest BCUT2D eigenvalue weighted by atomic mass is 10.1. The van der Waals surface area contributed by atoms with Gasteiger partial charge in [0.25, 0.3) is 0 Å². The molecule has 0 unspecified atom stereocenters. The van der Waals surface area contributed by atoms with Gasteiger partial charge in [-0.25, -0.2) is 4.98 Å². The van der Waals surface area contributed by atoms with Crippen molar-refractivity contribution in [3.05, 3.63) is 46.5 Å². The van der Waals surface area contributed by atoms with E-state index in [1.165, 1.54) is 11.1 Å². The Balaban J connectivity index is 1.79. The van der Waals surface area contributed by atoms with Gasteiger partial charge in [0, 0.05) is 25.0 Å². The summed E-state index contributed by atoms with van der Waals surface area (Å²) in [5.74, 6) is 0. The van der Waals surface area contributed by atoms with E-state index in [0.29, 0.717) is 0 Å². The topological polar surface area (TPSA) is 28.2 Å². The standard InChI is InChI=1S/C13H15N3S/c1-14-6-12-9-17-13(15-12)16-7-10-4-2-3-5-11(10)8-16/h2-5,9,14H,6-8H2,1H3. The number of hydrogen-bond acceptors (Lipinski definition) is 4. The van der Waals surface area contributed by atoms with E-state index in [1.807, 2.05) is 7.05 Å². The Bertz CT molecular complexity index is 496. The second-order valence-corrected chi connectivity index (χ2v) is 5.11. The minimum absolute atomic E-state index is 0.845. The summed E-state index contributed by atoms with van der Waals surface area (Å²) in [6.07, 6.45) is 0. The highest BCUT2D eigenvalue weighted by Gasteiger charge is 2.20. The van der Waals surface area contributed by atoms with Gasteiger partial charge in [-0.1, -0.05) is 24.3 Å². The molecule has 0 atom stereocenters. The molecule has 17 heavy (non-hydrogen) atoms. The minimum Gasteiger partial charge on any atom is -0.339 e. The van der Waals surface area contributed by atoms with Gasteiger partial charge in [-0.05, 0) is 18.2 Å². The molecule has 0 radical (unpaired) electrons. The van der Waals surface area contributed by atoms with E-state index in [4.69, 9.17) is 0 Å². The molecule has 88 valence electrons. The highest BCUT2D eigenvalue weighted by atomic mass is 32.1. The number of anilines is 1. The first-order chi connectivity index (χ1) is 8.36. The molecule has 2 heterocycles. The first-order valence-corrected chi connectivity index (χ1v) is 6.65. The molecule has 4 heteroatoms. The van der Waals surface area contributed by atoms with Crippen LogP contribution in [0.4, 0.5) is 5.13 Å². The Morgan fingerprint density at radius 3 is 2.65 bits per heavy atom. The number of nitrogens with one attached hydrogen (secondary N) is 1. The van der Waals surface area contributed by atoms with E-state index >= 15 is 0 Å². The Hall–Kier alpha value is -1.39. The molecule has 1 aromatic carbocycles. The van der Waals surface area contributed by atoms with Crippen molar-refractivity contribution in [2.75, 3.05) is 11.9 Å². The summed E-state index contributed by atoms with van der Waals surface area (Å²) in [5, 5.41) is 6.40. The molecule has 1 aromatic heterocycles. The summed E-state index contributed by atoms with van der Waals surface area (Å²) in [7, 11) is 1.95. The molecule has 0 bridgehead atoms. The molecule has 1 aliphatic heterocycles. The zero-order chi connectivity index (χ0) is 11.7. The second-order valence-electron chi connectivity index (χ2n) is 4.28. The number of nitrogens with zero attached hydrogens (tertiary/aromatic N) is 2. The number of aromatic nitrogens is 1. The van der Waals surface area contributed by atoms with Crippen LogP contribution in [-0.2, 0) is 19.6 Å². The molecule has 0 amide bonds. The van der Waals surface area contributed by atoms with Gasteiger partial charge < -0.3 is 10.2 Å². The highest BCUT2D eigenvalue weighted by molar-refractivity contribution is 7.13. The normalized spacial score (nSPS) is 14.1. The lowest BCUT2D eigenvalue weighted by Gasteiger charge is -2.12. The van der Waals surface area contributed by atoms with E-state index < -0.39 is 0 Å². The van der Waals surface area contributed by atoms with Gasteiger partial charge in [0.15, 0.2) is 5.13 Å². The van der Waals surface area contributed by atoms with Crippen molar-refractivity contribution in [1.82, 2.24) is 10.3 Å². The Kier molecular flexibility index (Phi) is 2.82. The van der Waals surface area contributed by atoms with Crippen molar-refractivity contribution in [2.24, 2.45) is 0 Å². The maximum absolute atomic E-state index is 4.65. The van der Waals surface area contributed by atoms with E-state index in [0.717, 1.165) is 30.5 Å². The van der Waals surface area contributed by atoms with Crippen LogP contribution in [0.5, 0.6) is 0 Å². The number of benzene rings is 1. The summed E-state index contributed by atoms with van der Waals surface area (Å²) in [5.41, 5.74) is 3.99. The van der Waals surface area contributed by atoms with Crippen LogP contribution in [0.25, 0.3) is 0 Å². The maximum atomic E-state index is 4.65. The number of fused-ring (bicyclic) bond motifs is 1. The molecular formula is C13H15N3S. The monoisotopic (exact) mass is 245 g/mol. The Labute approximate surface area is 105 Å². The van der Waals surface area contributed by atoms with Crippen LogP contribution in [-0.4, -0.2) is 12.0 Å². The zero-order valence-electron chi connectivity index (χ0n) is 9.81. The Morgan fingerprint density at radius 1 is 1.29 bits per heavy atom. The fourth-order valence-electron chi connectivity index (χ4n) is 2.17. The first-order valence-electron chi connectivity index (χ1n) is 5.77. The van der Waals surface area contributed by atoms with Gasteiger partial charge in [0.1, 0.15) is 0 Å². The summed E-state index contributed by atoms with van der Waals surface area (Å²) < 4.78 is 0. The van der Waals surface area contributed by atoms with E-state index in [-0.39, 0.29) is 0 Å². The van der Waals surface area contributed by atoms with Crippen molar-refractivity contribution in [3.8, 4) is 0 Å². The molecule has 3 nitrogen and oxygen atoms in total. The third-order valence-electron chi connectivity index (χ3n) is 3.01. The van der Waals surface area contributed by atoms with E-state index in [2.05, 4.69) is 44.8 Å². The van der Waals surface area contributed by atoms with Crippen LogP contribution in [0.2, 0.25) is 0 Å². The van der Waals surface area contributed by atoms with E-state index in [1.54, 1.807) is 11.3 Å². The van der Waals surface area contributed by atoms with Crippen LogP contribution >= 0.6 is 11.3 Å². The average Bonchev–Trinajstić information content (AvgIpc) is 2.94. The number of thiazole rings is 1. The lowest BCUT2D eigenvalue weighted by Crippen LogP contribution is -2.14. The van der Waals surface area contributed by atoms with Gasteiger partial charge in [0.2, 0.25) is 0 Å². The molecule has 0 saturated carbocycles. The molecular weight excluding hydrogens is 230 g/mol. The molecule has 3 rings (SSSR count). The largest absolute Gasteiger partial charge is 0.339 e. The third kappa shape index (κ3) is 2.06. The van der Waals surface area contributed by atoms with Gasteiger partial charge in [-0.15, -0.1) is 11.3 Å². The summed E-state index contributed by atoms with van der Waals surface area (Å²) >= 11 is 1.73. The van der Waals surface area contributed by atoms with E-state index in [9.17, 15) is 0 Å². The van der Waals surface area contributed by atoms with Crippen molar-refractivity contribution >= 4 is 16.5 Å². The fourth-order valence-corrected chi connectivity index (χ4v) is 3.00. The van der Waals surface area contributed by atoms with Crippen LogP contribution in [0.1, 0.15) is 16.8 Å². The molecule has 0 aliphatic carbocycles. The predicted octanol–water partition coefficient (Wildman–Crippen LogP) is 2.38. The molecule has 0 saturated heterocycles. The van der Waals surface area contributed by atoms with Crippen molar-refractivity contribution in [3.63, 3.8) is 0 Å². The molecule has 1 N–H and O–H groups in total. The van der Waals surface area contributed by atoms with Gasteiger partial charge in [-0.2, -0.15) is 0 Å². The summed E-state index contributed by atoms with van der Waals surface area (Å²) in [4.78, 5) is 6.99. The van der Waals surface area contributed by atoms with Crippen LogP contribution in [0.3, 0.4) is 0 Å². The Morgan fingerprint density at radius 2 is 2.00 bits per heavy atom. The molecule has 0 fully saturated rings. The third-order valence-corrected chi connectivity index (χ3v) is 3.96. The predicted molar refractivity (Wildman–Crippen MR) is 71.2 cm³/mol. The first kappa shape index (κ1) is 10.7. The van der Waals surface area contributed by atoms with Crippen LogP contribution < -0.4 is 10.2 Å². The number of rotatable bonds is 3. The quantitative estimate of drug-likeness (QED) is 0.900. The summed E-state index contributed by atoms with van der Waals surface area (Å²) in [6, 6.07) is 8.63. The van der Waals surface area contributed by atoms with Gasteiger partial charge in [-0.3, -0.25) is 0 Å². The minimum atomic E-state index is 0.845. The maximum Gasteiger partial charge on any atom is 0.186 e. The summed E-state index contributed by atoms with van der Waals surface area (Å²) in [6.45, 7) is 2.82. The van der Waals surface area contributed by atoms with Crippen LogP contribution in [0.15, 0.2) is 29.6 Å². The highest BCUT2D eigenvalue weighted by Crippen LogP contribution is 2.30. The van der Waals surface area contributed by atoms with Crippen molar-refractivity contribution in [2.45, 2.75) is 19.6 Å². The fraction of sp³-hybridized carbons (Fsp3) is 0.308. The second kappa shape index (κ2) is 4.47. The van der Waals surface area contributed by atoms with Crippen molar-refractivity contribution in [1.29, 1.82) is 0 Å². The van der Waals surface area contributed by atoms with Gasteiger partial charge in [0.05, 0.1) is 5.69 Å². The molecule has 0 spiro atoms. The van der Waals surface area contributed by atoms with Gasteiger partial charge >= 0.3 is 0 Å². The smallest absolute Gasteiger partial charge is 0.186 e. The zero-order valence-corrected chi connectivity index (χ0v) is 10.6. The molecule has 2 aromatic rings. The SMILES string of the molecule is CNCc1csc(N2Cc3ccccc3C2)n1. The van der Waals surface area contributed by atoms with Crippen molar-refractivity contribution < 1.29 is 0 Å². The number of hydrogen-bond donors (Lipinski definition) is 1.